The van der Waals surface area contributed by atoms with Crippen molar-refractivity contribution in [2.75, 3.05) is 19.8 Å². The van der Waals surface area contributed by atoms with Crippen LogP contribution in [0.4, 0.5) is 0 Å². The SMILES string of the molecule is CC1O[C@@H](O[C@H]2C(CO)O[C@@H](O[C@H]3C(CO)O[C@@H](O)C(O)C3O)C(O)C2O)C(O)C(O)[C@H]1N[C@@H]1C=C(CO)[C@H](O)C(O)C1O. The fraction of sp³-hybridized carbons (Fsp3) is 0.920. The molecule has 11 unspecified atom stereocenters. The van der Waals surface area contributed by atoms with E-state index in [0.717, 1.165) is 0 Å². The normalized spacial score (nSPS) is 52.0. The van der Waals surface area contributed by atoms with Crippen LogP contribution in [0, 0.1) is 0 Å². The van der Waals surface area contributed by atoms with E-state index in [1.54, 1.807) is 0 Å². The molecule has 3 fully saturated rings. The van der Waals surface area contributed by atoms with Crippen LogP contribution < -0.4 is 5.32 Å². The Hall–Kier alpha value is -1.02. The Kier molecular flexibility index (Phi) is 12.1. The van der Waals surface area contributed by atoms with Crippen molar-refractivity contribution in [1.29, 1.82) is 0 Å². The maximum Gasteiger partial charge on any atom is 0.187 e. The molecule has 0 aromatic heterocycles. The van der Waals surface area contributed by atoms with Crippen molar-refractivity contribution < 1.29 is 90.1 Å². The average molecular weight is 646 g/mol. The van der Waals surface area contributed by atoms with E-state index in [9.17, 15) is 66.4 Å². The highest BCUT2D eigenvalue weighted by Crippen LogP contribution is 2.32. The summed E-state index contributed by atoms with van der Waals surface area (Å²) in [4.78, 5) is 0. The summed E-state index contributed by atoms with van der Waals surface area (Å²) >= 11 is 0. The van der Waals surface area contributed by atoms with Gasteiger partial charge in [-0.25, -0.2) is 0 Å². The first-order chi connectivity index (χ1) is 20.7. The monoisotopic (exact) mass is 645 g/mol. The van der Waals surface area contributed by atoms with Gasteiger partial charge in [-0.05, 0) is 12.5 Å². The number of aliphatic hydroxyl groups is 13. The Morgan fingerprint density at radius 2 is 1.16 bits per heavy atom. The van der Waals surface area contributed by atoms with Gasteiger partial charge in [0.05, 0.1) is 38.0 Å². The van der Waals surface area contributed by atoms with E-state index in [0.29, 0.717) is 0 Å². The van der Waals surface area contributed by atoms with Crippen LogP contribution in [-0.2, 0) is 23.7 Å². The summed E-state index contributed by atoms with van der Waals surface area (Å²) in [5.74, 6) is 0. The summed E-state index contributed by atoms with van der Waals surface area (Å²) in [5.41, 5.74) is 0.0225. The highest BCUT2D eigenvalue weighted by Gasteiger charge is 2.53. The fourth-order valence-corrected chi connectivity index (χ4v) is 5.81. The zero-order valence-electron chi connectivity index (χ0n) is 23.5. The van der Waals surface area contributed by atoms with Crippen molar-refractivity contribution in [1.82, 2.24) is 5.32 Å². The van der Waals surface area contributed by atoms with Gasteiger partial charge in [-0.1, -0.05) is 6.08 Å². The van der Waals surface area contributed by atoms with Crippen molar-refractivity contribution in [2.24, 2.45) is 0 Å². The van der Waals surface area contributed by atoms with Crippen LogP contribution in [0.1, 0.15) is 6.92 Å². The minimum Gasteiger partial charge on any atom is -0.394 e. The molecule has 0 aromatic rings. The van der Waals surface area contributed by atoms with Crippen LogP contribution >= 0.6 is 0 Å². The molecule has 3 aliphatic heterocycles. The molecule has 19 nitrogen and oxygen atoms in total. The lowest BCUT2D eigenvalue weighted by atomic mass is 9.86. The minimum atomic E-state index is -1.93. The standard InChI is InChI=1S/C25H43NO18/c1-6-11(26-8-2-7(3-27)12(30)15(33)13(8)31)14(32)19(37)24(40-6)43-22-10(5-29)42-25(20(38)17(22)35)44-21-9(4-28)41-23(39)18(36)16(21)34/h2,6,8-39H,3-5H2,1H3/t6?,8-,9?,10?,11+,12+,13?,14?,15?,16?,17?,18?,19?,20?,21+,22+,23-,24+,25+/m1/s1. The summed E-state index contributed by atoms with van der Waals surface area (Å²) in [6, 6.07) is -2.17. The van der Waals surface area contributed by atoms with Crippen LogP contribution in [0.25, 0.3) is 0 Å². The maximum atomic E-state index is 10.9. The zero-order chi connectivity index (χ0) is 32.6. The summed E-state index contributed by atoms with van der Waals surface area (Å²) in [6.07, 6.45) is -26.6. The number of rotatable bonds is 9. The Morgan fingerprint density at radius 1 is 0.636 bits per heavy atom. The molecule has 14 N–H and O–H groups in total. The lowest BCUT2D eigenvalue weighted by Gasteiger charge is -2.48. The summed E-state index contributed by atoms with van der Waals surface area (Å²) in [7, 11) is 0. The Morgan fingerprint density at radius 3 is 1.73 bits per heavy atom. The van der Waals surface area contributed by atoms with Gasteiger partial charge in [0.15, 0.2) is 18.9 Å². The number of hydrogen-bond acceptors (Lipinski definition) is 19. The van der Waals surface area contributed by atoms with E-state index in [4.69, 9.17) is 23.7 Å². The third kappa shape index (κ3) is 6.96. The molecule has 3 saturated heterocycles. The van der Waals surface area contributed by atoms with Gasteiger partial charge in [-0.3, -0.25) is 0 Å². The molecule has 19 heteroatoms. The maximum absolute atomic E-state index is 10.9. The molecule has 4 aliphatic rings. The summed E-state index contributed by atoms with van der Waals surface area (Å²) < 4.78 is 27.4. The quantitative estimate of drug-likeness (QED) is 0.103. The topological polar surface area (TPSA) is 321 Å². The van der Waals surface area contributed by atoms with Crippen molar-refractivity contribution in [3.8, 4) is 0 Å². The van der Waals surface area contributed by atoms with Crippen LogP contribution in [0.2, 0.25) is 0 Å². The first kappa shape index (κ1) is 35.8. The van der Waals surface area contributed by atoms with Crippen LogP contribution in [0.3, 0.4) is 0 Å². The van der Waals surface area contributed by atoms with Crippen LogP contribution in [0.15, 0.2) is 11.6 Å². The number of aliphatic hydroxyl groups excluding tert-OH is 13. The zero-order valence-corrected chi connectivity index (χ0v) is 23.5. The highest BCUT2D eigenvalue weighted by atomic mass is 16.7. The van der Waals surface area contributed by atoms with Crippen molar-refractivity contribution in [2.45, 2.75) is 123 Å². The molecule has 1 aliphatic carbocycles. The first-order valence-electron chi connectivity index (χ1n) is 14.1. The molecule has 256 valence electrons. The first-order valence-corrected chi connectivity index (χ1v) is 14.1. The number of hydrogen-bond donors (Lipinski definition) is 14. The van der Waals surface area contributed by atoms with Gasteiger partial charge in [0, 0.05) is 0 Å². The van der Waals surface area contributed by atoms with Gasteiger partial charge in [0.25, 0.3) is 0 Å². The molecule has 0 saturated carbocycles. The predicted molar refractivity (Wildman–Crippen MR) is 138 cm³/mol. The molecular formula is C25H43NO18. The third-order valence-electron chi connectivity index (χ3n) is 8.48. The average Bonchev–Trinajstić information content (AvgIpc) is 3.00. The van der Waals surface area contributed by atoms with E-state index in [1.807, 2.05) is 0 Å². The molecule has 0 spiro atoms. The smallest absolute Gasteiger partial charge is 0.187 e. The third-order valence-corrected chi connectivity index (χ3v) is 8.48. The Bertz CT molecular complexity index is 958. The molecule has 44 heavy (non-hydrogen) atoms. The van der Waals surface area contributed by atoms with E-state index in [-0.39, 0.29) is 5.57 Å². The van der Waals surface area contributed by atoms with E-state index < -0.39 is 136 Å². The van der Waals surface area contributed by atoms with E-state index in [2.05, 4.69) is 5.32 Å². The predicted octanol–water partition coefficient (Wildman–Crippen LogP) is -8.56. The highest BCUT2D eigenvalue weighted by molar-refractivity contribution is 5.22. The lowest BCUT2D eigenvalue weighted by molar-refractivity contribution is -0.373. The molecular weight excluding hydrogens is 602 g/mol. The minimum absolute atomic E-state index is 0.0225. The summed E-state index contributed by atoms with van der Waals surface area (Å²) in [6.45, 7) is -0.753. The molecule has 4 rings (SSSR count). The van der Waals surface area contributed by atoms with Gasteiger partial charge in [-0.2, -0.15) is 0 Å². The van der Waals surface area contributed by atoms with Gasteiger partial charge in [-0.15, -0.1) is 0 Å². The number of nitrogens with one attached hydrogen (secondary N) is 1. The molecule has 0 amide bonds. The van der Waals surface area contributed by atoms with Crippen molar-refractivity contribution in [3.63, 3.8) is 0 Å². The lowest BCUT2D eigenvalue weighted by Crippen LogP contribution is -2.68. The largest absolute Gasteiger partial charge is 0.394 e. The Balaban J connectivity index is 1.42. The van der Waals surface area contributed by atoms with Gasteiger partial charge >= 0.3 is 0 Å². The van der Waals surface area contributed by atoms with E-state index >= 15 is 0 Å². The van der Waals surface area contributed by atoms with Crippen LogP contribution in [-0.4, -0.2) is 203 Å². The molecule has 0 radical (unpaired) electrons. The summed E-state index contributed by atoms with van der Waals surface area (Å²) in [5, 5.41) is 136. The van der Waals surface area contributed by atoms with Gasteiger partial charge < -0.3 is 95.4 Å². The second kappa shape index (κ2) is 14.8. The Labute approximate surface area is 250 Å². The second-order valence-corrected chi connectivity index (χ2v) is 11.4. The van der Waals surface area contributed by atoms with E-state index in [1.165, 1.54) is 13.0 Å². The van der Waals surface area contributed by atoms with Gasteiger partial charge in [0.2, 0.25) is 0 Å². The van der Waals surface area contributed by atoms with Crippen molar-refractivity contribution >= 4 is 0 Å². The van der Waals surface area contributed by atoms with Crippen molar-refractivity contribution in [3.05, 3.63) is 11.6 Å². The fourth-order valence-electron chi connectivity index (χ4n) is 5.81. The number of ether oxygens (including phenoxy) is 5. The second-order valence-electron chi connectivity index (χ2n) is 11.4. The molecule has 0 bridgehead atoms. The van der Waals surface area contributed by atoms with Crippen LogP contribution in [0.5, 0.6) is 0 Å². The molecule has 0 aromatic carbocycles. The molecule has 19 atom stereocenters. The van der Waals surface area contributed by atoms with Gasteiger partial charge in [0.1, 0.15) is 79.4 Å². The molecule has 3 heterocycles.